The van der Waals surface area contributed by atoms with Crippen LogP contribution in [-0.4, -0.2) is 47.5 Å². The van der Waals surface area contributed by atoms with E-state index in [1.54, 1.807) is 31.3 Å². The number of aryl methyl sites for hydroxylation is 1. The lowest BCUT2D eigenvalue weighted by Gasteiger charge is -2.22. The van der Waals surface area contributed by atoms with Crippen molar-refractivity contribution in [2.24, 2.45) is 13.0 Å². The van der Waals surface area contributed by atoms with E-state index >= 15 is 0 Å². The van der Waals surface area contributed by atoms with Gasteiger partial charge in [0.25, 0.3) is 0 Å². The highest BCUT2D eigenvalue weighted by Gasteiger charge is 2.19. The summed E-state index contributed by atoms with van der Waals surface area (Å²) in [4.78, 5) is 1.73. The molecule has 0 unspecified atom stereocenters. The van der Waals surface area contributed by atoms with E-state index < -0.39 is 9.84 Å². The molecule has 0 saturated carbocycles. The van der Waals surface area contributed by atoms with E-state index in [-0.39, 0.29) is 5.75 Å². The Bertz CT molecular complexity index is 748. The third-order valence-electron chi connectivity index (χ3n) is 4.23. The molecule has 0 atom stereocenters. The van der Waals surface area contributed by atoms with Crippen LogP contribution >= 0.6 is 0 Å². The first-order valence-corrected chi connectivity index (χ1v) is 9.48. The summed E-state index contributed by atoms with van der Waals surface area (Å²) in [6.07, 6.45) is 2.86. The summed E-state index contributed by atoms with van der Waals surface area (Å²) in [7, 11) is -1.54. The van der Waals surface area contributed by atoms with E-state index in [1.165, 1.54) is 4.80 Å². The van der Waals surface area contributed by atoms with Crippen molar-refractivity contribution in [1.82, 2.24) is 25.5 Å². The predicted molar refractivity (Wildman–Crippen MR) is 86.5 cm³/mol. The van der Waals surface area contributed by atoms with Crippen LogP contribution in [0.4, 0.5) is 0 Å². The summed E-state index contributed by atoms with van der Waals surface area (Å²) < 4.78 is 24.9. The van der Waals surface area contributed by atoms with Crippen LogP contribution in [-0.2, 0) is 16.9 Å². The average Bonchev–Trinajstić information content (AvgIpc) is 3.01. The Morgan fingerprint density at radius 3 is 2.52 bits per heavy atom. The number of piperidine rings is 1. The third-order valence-corrected chi connectivity index (χ3v) is 6.00. The van der Waals surface area contributed by atoms with Crippen LogP contribution in [0.1, 0.15) is 19.3 Å². The van der Waals surface area contributed by atoms with Crippen molar-refractivity contribution in [3.05, 3.63) is 24.3 Å². The molecule has 1 fully saturated rings. The van der Waals surface area contributed by atoms with Gasteiger partial charge < -0.3 is 5.32 Å². The van der Waals surface area contributed by atoms with E-state index in [1.807, 2.05) is 0 Å². The summed E-state index contributed by atoms with van der Waals surface area (Å²) in [6.45, 7) is 1.98. The first-order valence-electron chi connectivity index (χ1n) is 7.82. The van der Waals surface area contributed by atoms with Crippen LogP contribution in [0.25, 0.3) is 11.4 Å². The van der Waals surface area contributed by atoms with Gasteiger partial charge in [0, 0.05) is 5.56 Å². The number of nitrogens with zero attached hydrogens (tertiary/aromatic N) is 4. The molecule has 0 radical (unpaired) electrons. The molecule has 8 heteroatoms. The van der Waals surface area contributed by atoms with Crippen LogP contribution in [0, 0.1) is 5.92 Å². The number of benzene rings is 1. The number of tetrazole rings is 1. The van der Waals surface area contributed by atoms with Gasteiger partial charge in [-0.1, -0.05) is 0 Å². The maximum Gasteiger partial charge on any atom is 0.204 e. The molecule has 124 valence electrons. The van der Waals surface area contributed by atoms with Crippen LogP contribution in [0.3, 0.4) is 0 Å². The fourth-order valence-electron chi connectivity index (χ4n) is 2.82. The van der Waals surface area contributed by atoms with Crippen LogP contribution in [0.5, 0.6) is 0 Å². The lowest BCUT2D eigenvalue weighted by Crippen LogP contribution is -2.28. The molecule has 1 aliphatic heterocycles. The summed E-state index contributed by atoms with van der Waals surface area (Å²) in [6, 6.07) is 6.72. The predicted octanol–water partition coefficient (Wildman–Crippen LogP) is 1.04. The van der Waals surface area contributed by atoms with Crippen LogP contribution in [0.15, 0.2) is 29.2 Å². The third kappa shape index (κ3) is 3.94. The highest BCUT2D eigenvalue weighted by molar-refractivity contribution is 7.91. The Balaban J connectivity index is 1.67. The quantitative estimate of drug-likeness (QED) is 0.878. The average molecular weight is 335 g/mol. The van der Waals surface area contributed by atoms with Crippen molar-refractivity contribution in [2.75, 3.05) is 18.8 Å². The number of sulfone groups is 1. The molecule has 1 aliphatic rings. The molecule has 1 N–H and O–H groups in total. The molecule has 1 saturated heterocycles. The van der Waals surface area contributed by atoms with E-state index in [2.05, 4.69) is 20.7 Å². The Hall–Kier alpha value is -1.80. The summed E-state index contributed by atoms with van der Waals surface area (Å²) in [5.74, 6) is 1.21. The maximum absolute atomic E-state index is 12.5. The molecule has 0 bridgehead atoms. The first kappa shape index (κ1) is 16.1. The lowest BCUT2D eigenvalue weighted by molar-refractivity contribution is 0.365. The fourth-order valence-corrected chi connectivity index (χ4v) is 4.25. The highest BCUT2D eigenvalue weighted by atomic mass is 32.2. The molecule has 0 aliphatic carbocycles. The molecule has 0 spiro atoms. The minimum Gasteiger partial charge on any atom is -0.317 e. The largest absolute Gasteiger partial charge is 0.317 e. The van der Waals surface area contributed by atoms with Gasteiger partial charge in [-0.2, -0.15) is 4.80 Å². The van der Waals surface area contributed by atoms with Gasteiger partial charge in [-0.15, -0.1) is 10.2 Å². The second-order valence-electron chi connectivity index (χ2n) is 5.93. The summed E-state index contributed by atoms with van der Waals surface area (Å²) in [5.41, 5.74) is 0.760. The zero-order chi connectivity index (χ0) is 16.3. The van der Waals surface area contributed by atoms with E-state index in [4.69, 9.17) is 0 Å². The molecular formula is C15H21N5O2S. The maximum atomic E-state index is 12.5. The van der Waals surface area contributed by atoms with Gasteiger partial charge >= 0.3 is 0 Å². The van der Waals surface area contributed by atoms with Crippen molar-refractivity contribution in [3.63, 3.8) is 0 Å². The van der Waals surface area contributed by atoms with Gasteiger partial charge in [-0.25, -0.2) is 8.42 Å². The molecular weight excluding hydrogens is 314 g/mol. The molecule has 0 amide bonds. The van der Waals surface area contributed by atoms with Gasteiger partial charge in [-0.3, -0.25) is 0 Å². The van der Waals surface area contributed by atoms with Gasteiger partial charge in [0.1, 0.15) is 0 Å². The van der Waals surface area contributed by atoms with Crippen LogP contribution < -0.4 is 5.32 Å². The minimum absolute atomic E-state index is 0.209. The Morgan fingerprint density at radius 1 is 1.22 bits per heavy atom. The molecule has 2 aromatic rings. The standard InChI is InChI=1S/C15H21N5O2S/c1-20-18-15(17-19-20)13-2-4-14(5-3-13)23(21,22)11-8-12-6-9-16-10-7-12/h2-5,12,16H,6-11H2,1H3. The second-order valence-corrected chi connectivity index (χ2v) is 8.04. The molecule has 7 nitrogen and oxygen atoms in total. The van der Waals surface area contributed by atoms with Crippen molar-refractivity contribution < 1.29 is 8.42 Å². The SMILES string of the molecule is Cn1nnc(-c2ccc(S(=O)(=O)CCC3CCNCC3)cc2)n1. The summed E-state index contributed by atoms with van der Waals surface area (Å²) >= 11 is 0. The van der Waals surface area contributed by atoms with Crippen molar-refractivity contribution in [1.29, 1.82) is 0 Å². The van der Waals surface area contributed by atoms with Gasteiger partial charge in [0.05, 0.1) is 17.7 Å². The van der Waals surface area contributed by atoms with Crippen molar-refractivity contribution in [3.8, 4) is 11.4 Å². The summed E-state index contributed by atoms with van der Waals surface area (Å²) in [5, 5.41) is 15.1. The molecule has 1 aromatic carbocycles. The second kappa shape index (κ2) is 6.76. The number of nitrogens with one attached hydrogen (secondary N) is 1. The van der Waals surface area contributed by atoms with Crippen LogP contribution in [0.2, 0.25) is 0 Å². The first-order chi connectivity index (χ1) is 11.0. The van der Waals surface area contributed by atoms with Gasteiger partial charge in [-0.05, 0) is 67.7 Å². The number of hydrogen-bond donors (Lipinski definition) is 1. The van der Waals surface area contributed by atoms with E-state index in [9.17, 15) is 8.42 Å². The number of hydrogen-bond acceptors (Lipinski definition) is 6. The topological polar surface area (TPSA) is 89.8 Å². The molecule has 23 heavy (non-hydrogen) atoms. The Morgan fingerprint density at radius 2 is 1.91 bits per heavy atom. The fraction of sp³-hybridized carbons (Fsp3) is 0.533. The van der Waals surface area contributed by atoms with Crippen molar-refractivity contribution >= 4 is 9.84 Å². The van der Waals surface area contributed by atoms with Gasteiger partial charge in [0.15, 0.2) is 9.84 Å². The van der Waals surface area contributed by atoms with Gasteiger partial charge in [0.2, 0.25) is 5.82 Å². The zero-order valence-corrected chi connectivity index (χ0v) is 14.0. The van der Waals surface area contributed by atoms with E-state index in [0.29, 0.717) is 16.6 Å². The normalized spacial score (nSPS) is 16.6. The van der Waals surface area contributed by atoms with Crippen molar-refractivity contribution in [2.45, 2.75) is 24.2 Å². The van der Waals surface area contributed by atoms with E-state index in [0.717, 1.165) is 37.9 Å². The molecule has 3 rings (SSSR count). The Labute approximate surface area is 136 Å². The monoisotopic (exact) mass is 335 g/mol. The zero-order valence-electron chi connectivity index (χ0n) is 13.1. The molecule has 2 heterocycles. The number of rotatable bonds is 5. The lowest BCUT2D eigenvalue weighted by atomic mass is 9.96. The minimum atomic E-state index is -3.24. The number of aromatic nitrogens is 4. The Kier molecular flexibility index (Phi) is 4.72. The smallest absolute Gasteiger partial charge is 0.204 e. The highest BCUT2D eigenvalue weighted by Crippen LogP contribution is 2.22. The molecule has 1 aromatic heterocycles.